The lowest BCUT2D eigenvalue weighted by Gasteiger charge is -2.29. The van der Waals surface area contributed by atoms with Crippen LogP contribution in [-0.4, -0.2) is 16.6 Å². The summed E-state index contributed by atoms with van der Waals surface area (Å²) in [7, 11) is 2.03. The maximum atomic E-state index is 14.0. The van der Waals surface area contributed by atoms with Crippen molar-refractivity contribution in [3.63, 3.8) is 0 Å². The molecule has 1 aromatic carbocycles. The van der Waals surface area contributed by atoms with Gasteiger partial charge >= 0.3 is 0 Å². The fourth-order valence-electron chi connectivity index (χ4n) is 2.93. The van der Waals surface area contributed by atoms with Gasteiger partial charge in [-0.05, 0) is 37.3 Å². The van der Waals surface area contributed by atoms with E-state index in [9.17, 15) is 4.39 Å². The predicted molar refractivity (Wildman–Crippen MR) is 78.3 cm³/mol. The summed E-state index contributed by atoms with van der Waals surface area (Å²) in [6.45, 7) is 2.68. The van der Waals surface area contributed by atoms with E-state index < -0.39 is 0 Å². The van der Waals surface area contributed by atoms with Crippen LogP contribution in [0.15, 0.2) is 36.4 Å². The normalized spacial score (nSPS) is 13.4. The highest BCUT2D eigenvalue weighted by molar-refractivity contribution is 5.90. The summed E-state index contributed by atoms with van der Waals surface area (Å²) in [6.07, 6.45) is 0. The Labute approximate surface area is 116 Å². The summed E-state index contributed by atoms with van der Waals surface area (Å²) >= 11 is 0. The van der Waals surface area contributed by atoms with Crippen LogP contribution in [0.4, 0.5) is 10.1 Å². The van der Waals surface area contributed by atoms with Crippen LogP contribution >= 0.6 is 0 Å². The van der Waals surface area contributed by atoms with Gasteiger partial charge in [0.25, 0.3) is 0 Å². The molecule has 20 heavy (non-hydrogen) atoms. The van der Waals surface area contributed by atoms with Crippen LogP contribution < -0.4 is 4.90 Å². The van der Waals surface area contributed by atoms with E-state index in [1.807, 2.05) is 32.2 Å². The summed E-state index contributed by atoms with van der Waals surface area (Å²) < 4.78 is 16.1. The van der Waals surface area contributed by atoms with Gasteiger partial charge in [0.15, 0.2) is 0 Å². The number of halogens is 1. The number of pyridine rings is 1. The average molecular weight is 267 g/mol. The first kappa shape index (κ1) is 11.5. The van der Waals surface area contributed by atoms with Crippen LogP contribution in [0, 0.1) is 12.7 Å². The molecular weight excluding hydrogens is 253 g/mol. The Bertz CT molecular complexity index is 835. The zero-order valence-corrected chi connectivity index (χ0v) is 11.4. The molecule has 3 aromatic rings. The molecule has 100 valence electrons. The first-order chi connectivity index (χ1) is 9.65. The van der Waals surface area contributed by atoms with Gasteiger partial charge in [-0.25, -0.2) is 9.37 Å². The number of fused-ring (bicyclic) bond motifs is 5. The molecule has 0 unspecified atom stereocenters. The molecule has 1 aliphatic rings. The monoisotopic (exact) mass is 267 g/mol. The number of hydrogen-bond donors (Lipinski definition) is 0. The van der Waals surface area contributed by atoms with Crippen molar-refractivity contribution in [2.75, 3.05) is 11.9 Å². The zero-order valence-electron chi connectivity index (χ0n) is 11.4. The molecule has 1 aliphatic heterocycles. The smallest absolute Gasteiger partial charge is 0.132 e. The molecule has 2 aromatic heterocycles. The van der Waals surface area contributed by atoms with Gasteiger partial charge in [-0.15, -0.1) is 0 Å². The van der Waals surface area contributed by atoms with Gasteiger partial charge in [0.1, 0.15) is 11.5 Å². The number of anilines is 1. The highest BCUT2D eigenvalue weighted by Gasteiger charge is 2.23. The van der Waals surface area contributed by atoms with E-state index in [1.54, 1.807) is 6.07 Å². The number of rotatable bonds is 0. The third-order valence-corrected chi connectivity index (χ3v) is 3.91. The summed E-state index contributed by atoms with van der Waals surface area (Å²) in [4.78, 5) is 6.78. The predicted octanol–water partition coefficient (Wildman–Crippen LogP) is 3.56. The third-order valence-electron chi connectivity index (χ3n) is 3.91. The summed E-state index contributed by atoms with van der Waals surface area (Å²) in [5.74, 6) is -0.179. The second-order valence-electron chi connectivity index (χ2n) is 5.29. The van der Waals surface area contributed by atoms with Crippen molar-refractivity contribution in [2.24, 2.45) is 0 Å². The first-order valence-corrected chi connectivity index (χ1v) is 6.62. The fourth-order valence-corrected chi connectivity index (χ4v) is 2.93. The minimum absolute atomic E-state index is 0.179. The van der Waals surface area contributed by atoms with Crippen LogP contribution in [0.2, 0.25) is 0 Å². The average Bonchev–Trinajstić information content (AvgIpc) is 2.79. The molecule has 3 heterocycles. The molecule has 4 rings (SSSR count). The van der Waals surface area contributed by atoms with Crippen molar-refractivity contribution >= 4 is 16.6 Å². The minimum Gasteiger partial charge on any atom is -0.355 e. The second kappa shape index (κ2) is 3.82. The SMILES string of the molecule is Cc1ccc2c(n1)-c1cc3c(F)cccc3n1CN2C. The first-order valence-electron chi connectivity index (χ1n) is 6.62. The number of benzene rings is 1. The van der Waals surface area contributed by atoms with Crippen molar-refractivity contribution in [1.29, 1.82) is 0 Å². The largest absolute Gasteiger partial charge is 0.355 e. The van der Waals surface area contributed by atoms with Crippen LogP contribution in [0.3, 0.4) is 0 Å². The third kappa shape index (κ3) is 1.42. The van der Waals surface area contributed by atoms with Gasteiger partial charge in [-0.2, -0.15) is 0 Å². The molecule has 0 saturated heterocycles. The molecule has 0 spiro atoms. The molecule has 4 heteroatoms. The van der Waals surface area contributed by atoms with Crippen molar-refractivity contribution in [3.05, 3.63) is 47.9 Å². The van der Waals surface area contributed by atoms with E-state index in [4.69, 9.17) is 0 Å². The van der Waals surface area contributed by atoms with E-state index in [-0.39, 0.29) is 5.82 Å². The maximum absolute atomic E-state index is 14.0. The molecule has 0 radical (unpaired) electrons. The molecule has 0 N–H and O–H groups in total. The van der Waals surface area contributed by atoms with Crippen LogP contribution in [0.5, 0.6) is 0 Å². The number of nitrogens with zero attached hydrogens (tertiary/aromatic N) is 3. The second-order valence-corrected chi connectivity index (χ2v) is 5.29. The standard InChI is InChI=1S/C16H14FN3/c1-10-6-7-14-16(18-10)15-8-11-12(17)4-3-5-13(11)20(15)9-19(14)2/h3-8H,9H2,1-2H3. The molecule has 0 saturated carbocycles. The topological polar surface area (TPSA) is 21.1 Å². The Morgan fingerprint density at radius 1 is 1.20 bits per heavy atom. The Balaban J connectivity index is 2.11. The van der Waals surface area contributed by atoms with Gasteiger partial charge in [0.2, 0.25) is 0 Å². The lowest BCUT2D eigenvalue weighted by molar-refractivity contribution is 0.639. The van der Waals surface area contributed by atoms with E-state index in [1.165, 1.54) is 6.07 Å². The Kier molecular flexibility index (Phi) is 2.19. The van der Waals surface area contributed by atoms with Gasteiger partial charge in [-0.3, -0.25) is 0 Å². The van der Waals surface area contributed by atoms with Crippen molar-refractivity contribution < 1.29 is 4.39 Å². The van der Waals surface area contributed by atoms with Crippen LogP contribution in [-0.2, 0) is 6.67 Å². The highest BCUT2D eigenvalue weighted by atomic mass is 19.1. The number of hydrogen-bond acceptors (Lipinski definition) is 2. The highest BCUT2D eigenvalue weighted by Crippen LogP contribution is 2.38. The summed E-state index contributed by atoms with van der Waals surface area (Å²) in [5, 5.41) is 0.659. The lowest BCUT2D eigenvalue weighted by Crippen LogP contribution is -2.26. The van der Waals surface area contributed by atoms with Crippen LogP contribution in [0.1, 0.15) is 5.69 Å². The Morgan fingerprint density at radius 2 is 2.05 bits per heavy atom. The van der Waals surface area contributed by atoms with Crippen molar-refractivity contribution in [2.45, 2.75) is 13.6 Å². The van der Waals surface area contributed by atoms with Gasteiger partial charge < -0.3 is 9.47 Å². The van der Waals surface area contributed by atoms with E-state index in [0.29, 0.717) is 12.1 Å². The minimum atomic E-state index is -0.179. The van der Waals surface area contributed by atoms with Crippen molar-refractivity contribution in [3.8, 4) is 11.4 Å². The number of aromatic nitrogens is 2. The van der Waals surface area contributed by atoms with E-state index in [2.05, 4.69) is 20.5 Å². The molecule has 0 bridgehead atoms. The summed E-state index contributed by atoms with van der Waals surface area (Å²) in [5.41, 5.74) is 4.89. The fraction of sp³-hybridized carbons (Fsp3) is 0.188. The van der Waals surface area contributed by atoms with Gasteiger partial charge in [0, 0.05) is 18.1 Å². The molecule has 3 nitrogen and oxygen atoms in total. The van der Waals surface area contributed by atoms with E-state index in [0.717, 1.165) is 28.3 Å². The zero-order chi connectivity index (χ0) is 13.9. The van der Waals surface area contributed by atoms with Crippen LogP contribution in [0.25, 0.3) is 22.3 Å². The number of aryl methyl sites for hydroxylation is 1. The Morgan fingerprint density at radius 3 is 2.90 bits per heavy atom. The maximum Gasteiger partial charge on any atom is 0.132 e. The summed E-state index contributed by atoms with van der Waals surface area (Å²) in [6, 6.07) is 11.2. The Hall–Kier alpha value is -2.36. The molecule has 0 atom stereocenters. The quantitative estimate of drug-likeness (QED) is 0.621. The van der Waals surface area contributed by atoms with Gasteiger partial charge in [-0.1, -0.05) is 6.07 Å². The van der Waals surface area contributed by atoms with Crippen molar-refractivity contribution in [1.82, 2.24) is 9.55 Å². The van der Waals surface area contributed by atoms with E-state index >= 15 is 0 Å². The molecule has 0 fully saturated rings. The lowest BCUT2D eigenvalue weighted by atomic mass is 10.1. The molecule has 0 aliphatic carbocycles. The molecular formula is C16H14FN3. The molecule has 0 amide bonds. The van der Waals surface area contributed by atoms with Gasteiger partial charge in [0.05, 0.1) is 23.6 Å².